The number of ether oxygens (including phenoxy) is 1. The van der Waals surface area contributed by atoms with E-state index in [1.165, 1.54) is 0 Å². The second-order valence-corrected chi connectivity index (χ2v) is 4.39. The highest BCUT2D eigenvalue weighted by molar-refractivity contribution is 6.32. The van der Waals surface area contributed by atoms with Crippen molar-refractivity contribution in [3.8, 4) is 16.9 Å². The average Bonchev–Trinajstić information content (AvgIpc) is 2.39. The Morgan fingerprint density at radius 2 is 1.83 bits per heavy atom. The molecule has 92 valence electrons. The lowest BCUT2D eigenvalue weighted by Gasteiger charge is -2.07. The molecular weight excluding hydrogens is 248 g/mol. The highest BCUT2D eigenvalue weighted by atomic mass is 35.5. The van der Waals surface area contributed by atoms with Gasteiger partial charge in [-0.2, -0.15) is 0 Å². The topological polar surface area (TPSA) is 26.3 Å². The third-order valence-electron chi connectivity index (χ3n) is 2.75. The number of halogens is 1. The molecule has 0 atom stereocenters. The van der Waals surface area contributed by atoms with Gasteiger partial charge in [-0.05, 0) is 36.2 Å². The van der Waals surface area contributed by atoms with E-state index in [9.17, 15) is 4.79 Å². The lowest BCUT2D eigenvalue weighted by molar-refractivity contribution is 0.101. The van der Waals surface area contributed by atoms with Crippen molar-refractivity contribution >= 4 is 17.4 Å². The van der Waals surface area contributed by atoms with E-state index in [1.54, 1.807) is 26.2 Å². The van der Waals surface area contributed by atoms with Crippen LogP contribution >= 0.6 is 11.6 Å². The molecule has 0 aromatic heterocycles. The molecule has 0 fully saturated rings. The van der Waals surface area contributed by atoms with Crippen LogP contribution in [0.5, 0.6) is 5.75 Å². The zero-order valence-electron chi connectivity index (χ0n) is 10.2. The van der Waals surface area contributed by atoms with E-state index in [-0.39, 0.29) is 5.78 Å². The second-order valence-electron chi connectivity index (χ2n) is 3.99. The van der Waals surface area contributed by atoms with Gasteiger partial charge in [0.1, 0.15) is 5.75 Å². The van der Waals surface area contributed by atoms with Gasteiger partial charge in [-0.15, -0.1) is 0 Å². The Hall–Kier alpha value is -1.80. The summed E-state index contributed by atoms with van der Waals surface area (Å²) in [5.74, 6) is 0.681. The molecule has 0 aliphatic heterocycles. The van der Waals surface area contributed by atoms with Gasteiger partial charge in [-0.25, -0.2) is 0 Å². The van der Waals surface area contributed by atoms with Crippen LogP contribution in [-0.4, -0.2) is 12.9 Å². The number of Topliss-reactive ketones (excluding diaryl/α,β-unsaturated/α-hetero) is 1. The van der Waals surface area contributed by atoms with Crippen LogP contribution in [-0.2, 0) is 0 Å². The molecule has 0 saturated heterocycles. The second kappa shape index (κ2) is 5.23. The van der Waals surface area contributed by atoms with Crippen molar-refractivity contribution < 1.29 is 9.53 Å². The summed E-state index contributed by atoms with van der Waals surface area (Å²) in [6.45, 7) is 1.56. The van der Waals surface area contributed by atoms with E-state index >= 15 is 0 Å². The smallest absolute Gasteiger partial charge is 0.159 e. The van der Waals surface area contributed by atoms with E-state index in [2.05, 4.69) is 0 Å². The summed E-state index contributed by atoms with van der Waals surface area (Å²) in [6, 6.07) is 13.0. The molecule has 2 nitrogen and oxygen atoms in total. The first-order valence-corrected chi connectivity index (χ1v) is 5.94. The summed E-state index contributed by atoms with van der Waals surface area (Å²) in [4.78, 5) is 11.4. The highest BCUT2D eigenvalue weighted by Crippen LogP contribution is 2.30. The largest absolute Gasteiger partial charge is 0.495 e. The summed E-state index contributed by atoms with van der Waals surface area (Å²) in [7, 11) is 1.58. The van der Waals surface area contributed by atoms with Gasteiger partial charge >= 0.3 is 0 Å². The van der Waals surface area contributed by atoms with Gasteiger partial charge < -0.3 is 4.74 Å². The molecule has 0 bridgehead atoms. The predicted molar refractivity (Wildman–Crippen MR) is 73.4 cm³/mol. The van der Waals surface area contributed by atoms with Gasteiger partial charge in [0.15, 0.2) is 5.78 Å². The fraction of sp³-hybridized carbons (Fsp3) is 0.133. The zero-order valence-corrected chi connectivity index (χ0v) is 11.0. The van der Waals surface area contributed by atoms with Crippen molar-refractivity contribution in [1.82, 2.24) is 0 Å². The molecule has 0 aliphatic rings. The Morgan fingerprint density at radius 1 is 1.11 bits per heavy atom. The van der Waals surface area contributed by atoms with Crippen molar-refractivity contribution in [3.63, 3.8) is 0 Å². The summed E-state index contributed by atoms with van der Waals surface area (Å²) in [5, 5.41) is 0.573. The normalized spacial score (nSPS) is 10.2. The summed E-state index contributed by atoms with van der Waals surface area (Å²) in [5.41, 5.74) is 2.64. The van der Waals surface area contributed by atoms with Crippen molar-refractivity contribution in [2.24, 2.45) is 0 Å². The quantitative estimate of drug-likeness (QED) is 0.773. The Morgan fingerprint density at radius 3 is 2.50 bits per heavy atom. The number of ketones is 1. The molecule has 2 aromatic carbocycles. The zero-order chi connectivity index (χ0) is 13.1. The van der Waals surface area contributed by atoms with Crippen LogP contribution in [0.1, 0.15) is 17.3 Å². The number of methoxy groups -OCH3 is 1. The van der Waals surface area contributed by atoms with Crippen LogP contribution in [0.2, 0.25) is 5.02 Å². The molecule has 0 saturated carbocycles. The van der Waals surface area contributed by atoms with E-state index in [0.29, 0.717) is 16.3 Å². The predicted octanol–water partition coefficient (Wildman–Crippen LogP) is 4.22. The van der Waals surface area contributed by atoms with E-state index in [1.807, 2.05) is 30.3 Å². The fourth-order valence-corrected chi connectivity index (χ4v) is 1.95. The Bertz CT molecular complexity index is 591. The standard InChI is InChI=1S/C15H13ClO2/c1-10(17)11-4-3-5-12(8-11)13-6-7-14(16)15(9-13)18-2/h3-9H,1-2H3. The number of benzene rings is 2. The first kappa shape index (κ1) is 12.7. The number of hydrogen-bond donors (Lipinski definition) is 0. The van der Waals surface area contributed by atoms with Gasteiger partial charge in [0, 0.05) is 5.56 Å². The lowest BCUT2D eigenvalue weighted by Crippen LogP contribution is -1.92. The molecule has 0 unspecified atom stereocenters. The van der Waals surface area contributed by atoms with Crippen LogP contribution in [0.15, 0.2) is 42.5 Å². The van der Waals surface area contributed by atoms with Crippen molar-refractivity contribution in [1.29, 1.82) is 0 Å². The third kappa shape index (κ3) is 2.54. The monoisotopic (exact) mass is 260 g/mol. The number of carbonyl (C=O) groups is 1. The van der Waals surface area contributed by atoms with Gasteiger partial charge in [0.2, 0.25) is 0 Å². The minimum atomic E-state index is 0.0535. The molecule has 2 rings (SSSR count). The van der Waals surface area contributed by atoms with Crippen LogP contribution < -0.4 is 4.74 Å². The molecule has 3 heteroatoms. The van der Waals surface area contributed by atoms with Gasteiger partial charge in [0.25, 0.3) is 0 Å². The number of rotatable bonds is 3. The van der Waals surface area contributed by atoms with E-state index < -0.39 is 0 Å². The molecule has 0 amide bonds. The van der Waals surface area contributed by atoms with Gasteiger partial charge in [0.05, 0.1) is 12.1 Å². The van der Waals surface area contributed by atoms with E-state index in [4.69, 9.17) is 16.3 Å². The average molecular weight is 261 g/mol. The minimum Gasteiger partial charge on any atom is -0.495 e. The Kier molecular flexibility index (Phi) is 3.68. The van der Waals surface area contributed by atoms with Crippen molar-refractivity contribution in [3.05, 3.63) is 53.1 Å². The number of carbonyl (C=O) groups excluding carboxylic acids is 1. The van der Waals surface area contributed by atoms with Crippen LogP contribution in [0, 0.1) is 0 Å². The molecule has 2 aromatic rings. The van der Waals surface area contributed by atoms with E-state index in [0.717, 1.165) is 11.1 Å². The van der Waals surface area contributed by atoms with Gasteiger partial charge in [-0.3, -0.25) is 4.79 Å². The molecule has 18 heavy (non-hydrogen) atoms. The molecular formula is C15H13ClO2. The fourth-order valence-electron chi connectivity index (χ4n) is 1.76. The van der Waals surface area contributed by atoms with Crippen LogP contribution in [0.3, 0.4) is 0 Å². The maximum Gasteiger partial charge on any atom is 0.159 e. The molecule has 0 aliphatic carbocycles. The molecule has 0 N–H and O–H groups in total. The third-order valence-corrected chi connectivity index (χ3v) is 3.07. The summed E-state index contributed by atoms with van der Waals surface area (Å²) >= 11 is 5.99. The maximum absolute atomic E-state index is 11.4. The molecule has 0 spiro atoms. The molecule has 0 heterocycles. The first-order valence-electron chi connectivity index (χ1n) is 5.56. The molecule has 0 radical (unpaired) electrons. The Balaban J connectivity index is 2.48. The first-order chi connectivity index (χ1) is 8.61. The number of hydrogen-bond acceptors (Lipinski definition) is 2. The summed E-state index contributed by atoms with van der Waals surface area (Å²) in [6.07, 6.45) is 0. The maximum atomic E-state index is 11.4. The van der Waals surface area contributed by atoms with Crippen LogP contribution in [0.4, 0.5) is 0 Å². The Labute approximate surface area is 111 Å². The minimum absolute atomic E-state index is 0.0535. The highest BCUT2D eigenvalue weighted by Gasteiger charge is 2.06. The SMILES string of the molecule is COc1cc(-c2cccc(C(C)=O)c2)ccc1Cl. The van der Waals surface area contributed by atoms with Gasteiger partial charge in [-0.1, -0.05) is 35.9 Å². The lowest BCUT2D eigenvalue weighted by atomic mass is 10.0. The summed E-state index contributed by atoms with van der Waals surface area (Å²) < 4.78 is 5.19. The van der Waals surface area contributed by atoms with Crippen molar-refractivity contribution in [2.45, 2.75) is 6.92 Å². The van der Waals surface area contributed by atoms with Crippen molar-refractivity contribution in [2.75, 3.05) is 7.11 Å². The van der Waals surface area contributed by atoms with Crippen LogP contribution in [0.25, 0.3) is 11.1 Å².